The molecule has 3 N–H and O–H groups in total. The van der Waals surface area contributed by atoms with Gasteiger partial charge < -0.3 is 10.8 Å². The molecule has 1 atom stereocenters. The second-order valence-electron chi connectivity index (χ2n) is 1.94. The van der Waals surface area contributed by atoms with Crippen LogP contribution in [0.4, 0.5) is 0 Å². The molecule has 3 nitrogen and oxygen atoms in total. The Kier molecular flexibility index (Phi) is 3.57. The molecule has 0 saturated carbocycles. The van der Waals surface area contributed by atoms with Crippen LogP contribution in [0.5, 0.6) is 0 Å². The van der Waals surface area contributed by atoms with Crippen molar-refractivity contribution in [2.75, 3.05) is 0 Å². The number of halogens is 1. The van der Waals surface area contributed by atoms with Crippen molar-refractivity contribution in [3.8, 4) is 0 Å². The topological polar surface area (TPSA) is 63.3 Å². The maximum Gasteiger partial charge on any atom is 0.331 e. The smallest absolute Gasteiger partial charge is 0.331 e. The van der Waals surface area contributed by atoms with Crippen LogP contribution < -0.4 is 5.73 Å². The molecule has 66 valence electrons. The van der Waals surface area contributed by atoms with Crippen molar-refractivity contribution < 1.29 is 9.90 Å². The van der Waals surface area contributed by atoms with Gasteiger partial charge in [-0.05, 0) is 28.1 Å². The number of thioether (sulfide) groups is 1. The van der Waals surface area contributed by atoms with Gasteiger partial charge in [-0.15, -0.1) is 11.3 Å². The highest BCUT2D eigenvalue weighted by Crippen LogP contribution is 2.31. The minimum absolute atomic E-state index is 0.879. The van der Waals surface area contributed by atoms with Gasteiger partial charge >= 0.3 is 5.97 Å². The van der Waals surface area contributed by atoms with Gasteiger partial charge in [0.15, 0.2) is 5.37 Å². The predicted octanol–water partition coefficient (Wildman–Crippen LogP) is 1.97. The first-order chi connectivity index (χ1) is 5.59. The molecule has 0 bridgehead atoms. The fourth-order valence-electron chi connectivity index (χ4n) is 0.537. The lowest BCUT2D eigenvalue weighted by molar-refractivity contribution is -0.136. The predicted molar refractivity (Wildman–Crippen MR) is 53.5 cm³/mol. The van der Waals surface area contributed by atoms with Crippen LogP contribution in [0.15, 0.2) is 20.1 Å². The summed E-state index contributed by atoms with van der Waals surface area (Å²) in [6.07, 6.45) is 0. The van der Waals surface area contributed by atoms with E-state index in [1.165, 1.54) is 11.3 Å². The Labute approximate surface area is 86.1 Å². The number of rotatable bonds is 3. The van der Waals surface area contributed by atoms with E-state index in [1.807, 2.05) is 12.1 Å². The summed E-state index contributed by atoms with van der Waals surface area (Å²) in [7, 11) is 0. The van der Waals surface area contributed by atoms with E-state index in [1.54, 1.807) is 0 Å². The Hall–Kier alpha value is -0.0400. The molecule has 0 saturated heterocycles. The van der Waals surface area contributed by atoms with E-state index in [0.717, 1.165) is 19.8 Å². The molecular formula is C6H6BrNO2S2. The monoisotopic (exact) mass is 267 g/mol. The van der Waals surface area contributed by atoms with Crippen LogP contribution in [0, 0.1) is 0 Å². The van der Waals surface area contributed by atoms with Gasteiger partial charge in [0.1, 0.15) is 0 Å². The Morgan fingerprint density at radius 2 is 2.42 bits per heavy atom. The molecule has 6 heteroatoms. The first-order valence-corrected chi connectivity index (χ1v) is 5.49. The molecule has 12 heavy (non-hydrogen) atoms. The highest BCUT2D eigenvalue weighted by atomic mass is 79.9. The molecule has 0 fully saturated rings. The van der Waals surface area contributed by atoms with E-state index in [9.17, 15) is 4.79 Å². The molecule has 1 aromatic rings. The Balaban J connectivity index is 2.58. The fourth-order valence-corrected chi connectivity index (χ4v) is 3.25. The molecule has 0 aliphatic heterocycles. The summed E-state index contributed by atoms with van der Waals surface area (Å²) >= 11 is 5.89. The number of nitrogens with two attached hydrogens (primary N) is 1. The zero-order valence-corrected chi connectivity index (χ0v) is 9.08. The van der Waals surface area contributed by atoms with Crippen molar-refractivity contribution in [3.63, 3.8) is 0 Å². The third-order valence-electron chi connectivity index (χ3n) is 1.04. The second kappa shape index (κ2) is 4.27. The van der Waals surface area contributed by atoms with Crippen molar-refractivity contribution in [2.24, 2.45) is 5.73 Å². The van der Waals surface area contributed by atoms with Crippen molar-refractivity contribution in [1.82, 2.24) is 0 Å². The van der Waals surface area contributed by atoms with Crippen molar-refractivity contribution >= 4 is 45.0 Å². The highest BCUT2D eigenvalue weighted by Gasteiger charge is 2.13. The summed E-state index contributed by atoms with van der Waals surface area (Å²) in [5.41, 5.74) is 5.31. The molecule has 0 aromatic carbocycles. The molecule has 0 radical (unpaired) electrons. The molecular weight excluding hydrogens is 262 g/mol. The number of carbonyl (C=O) groups is 1. The second-order valence-corrected chi connectivity index (χ2v) is 5.84. The van der Waals surface area contributed by atoms with E-state index < -0.39 is 11.3 Å². The summed E-state index contributed by atoms with van der Waals surface area (Å²) in [5.74, 6) is -0.996. The van der Waals surface area contributed by atoms with Crippen LogP contribution in [-0.4, -0.2) is 16.4 Å². The maximum absolute atomic E-state index is 10.4. The normalized spacial score (nSPS) is 12.8. The van der Waals surface area contributed by atoms with Crippen LogP contribution in [-0.2, 0) is 4.79 Å². The van der Waals surface area contributed by atoms with Gasteiger partial charge in [0.25, 0.3) is 0 Å². The minimum atomic E-state index is -0.996. The quantitative estimate of drug-likeness (QED) is 0.650. The third-order valence-corrected chi connectivity index (χ3v) is 3.82. The summed E-state index contributed by atoms with van der Waals surface area (Å²) in [6.45, 7) is 0. The summed E-state index contributed by atoms with van der Waals surface area (Å²) < 4.78 is 1.87. The minimum Gasteiger partial charge on any atom is -0.479 e. The molecule has 0 aliphatic carbocycles. The van der Waals surface area contributed by atoms with Crippen LogP contribution in [0.3, 0.4) is 0 Å². The number of hydrogen-bond donors (Lipinski definition) is 2. The van der Waals surface area contributed by atoms with Gasteiger partial charge in [0, 0.05) is 0 Å². The van der Waals surface area contributed by atoms with Gasteiger partial charge in [-0.2, -0.15) is 0 Å². The van der Waals surface area contributed by atoms with E-state index in [-0.39, 0.29) is 0 Å². The van der Waals surface area contributed by atoms with Gasteiger partial charge in [0.05, 0.1) is 8.00 Å². The van der Waals surface area contributed by atoms with E-state index in [4.69, 9.17) is 10.8 Å². The SMILES string of the molecule is NC(Sc1ccc(Br)s1)C(=O)O. The highest BCUT2D eigenvalue weighted by molar-refractivity contribution is 9.11. The summed E-state index contributed by atoms with van der Waals surface area (Å²) in [6, 6.07) is 3.70. The first-order valence-electron chi connectivity index (χ1n) is 3.00. The Morgan fingerprint density at radius 3 is 2.83 bits per heavy atom. The Morgan fingerprint density at radius 1 is 1.75 bits per heavy atom. The van der Waals surface area contributed by atoms with Crippen molar-refractivity contribution in [3.05, 3.63) is 15.9 Å². The lowest BCUT2D eigenvalue weighted by atomic mass is 10.7. The summed E-state index contributed by atoms with van der Waals surface area (Å²) in [5, 5.41) is 7.62. The fraction of sp³-hybridized carbons (Fsp3) is 0.167. The van der Waals surface area contributed by atoms with Crippen LogP contribution in [0.1, 0.15) is 0 Å². The average Bonchev–Trinajstić information content (AvgIpc) is 2.35. The third kappa shape index (κ3) is 2.78. The molecule has 0 spiro atoms. The van der Waals surface area contributed by atoms with Gasteiger partial charge in [-0.25, -0.2) is 4.79 Å². The van der Waals surface area contributed by atoms with E-state index in [2.05, 4.69) is 15.9 Å². The van der Waals surface area contributed by atoms with Gasteiger partial charge in [0.2, 0.25) is 0 Å². The standard InChI is InChI=1S/C6H6BrNO2S2/c7-3-1-2-4(11-3)12-5(8)6(9)10/h1-2,5H,8H2,(H,9,10). The lowest BCUT2D eigenvalue weighted by Crippen LogP contribution is -2.25. The molecule has 0 amide bonds. The van der Waals surface area contributed by atoms with Crippen LogP contribution in [0.2, 0.25) is 0 Å². The van der Waals surface area contributed by atoms with Crippen LogP contribution >= 0.6 is 39.0 Å². The molecule has 1 rings (SSSR count). The van der Waals surface area contributed by atoms with Crippen molar-refractivity contribution in [1.29, 1.82) is 0 Å². The number of carboxylic acids is 1. The molecule has 1 aromatic heterocycles. The van der Waals surface area contributed by atoms with Gasteiger partial charge in [-0.1, -0.05) is 11.8 Å². The zero-order chi connectivity index (χ0) is 9.14. The van der Waals surface area contributed by atoms with E-state index in [0.29, 0.717) is 0 Å². The summed E-state index contributed by atoms with van der Waals surface area (Å²) in [4.78, 5) is 10.4. The largest absolute Gasteiger partial charge is 0.479 e. The number of thiophene rings is 1. The number of hydrogen-bond acceptors (Lipinski definition) is 4. The number of aliphatic carboxylic acids is 1. The Bertz CT molecular complexity index is 289. The molecule has 1 heterocycles. The molecule has 0 aliphatic rings. The zero-order valence-electron chi connectivity index (χ0n) is 5.86. The van der Waals surface area contributed by atoms with E-state index >= 15 is 0 Å². The average molecular weight is 268 g/mol. The number of carboxylic acid groups (broad SMARTS) is 1. The lowest BCUT2D eigenvalue weighted by Gasteiger charge is -2.01. The maximum atomic E-state index is 10.4. The molecule has 1 unspecified atom stereocenters. The first kappa shape index (κ1) is 10.0. The van der Waals surface area contributed by atoms with Crippen molar-refractivity contribution in [2.45, 2.75) is 9.58 Å². The van der Waals surface area contributed by atoms with Crippen LogP contribution in [0.25, 0.3) is 0 Å². The van der Waals surface area contributed by atoms with Gasteiger partial charge in [-0.3, -0.25) is 0 Å².